The van der Waals surface area contributed by atoms with E-state index in [9.17, 15) is 9.90 Å². The number of phenolic OH excluding ortho intramolecular Hbond substituents is 1. The summed E-state index contributed by atoms with van der Waals surface area (Å²) in [5.74, 6) is 0.462. The largest absolute Gasteiger partial charge is 0.508 e. The third-order valence-electron chi connectivity index (χ3n) is 2.94. The summed E-state index contributed by atoms with van der Waals surface area (Å²) >= 11 is 0. The first-order chi connectivity index (χ1) is 6.68. The molecule has 0 unspecified atom stereocenters. The second-order valence-electron chi connectivity index (χ2n) is 3.89. The summed E-state index contributed by atoms with van der Waals surface area (Å²) in [4.78, 5) is 11.0. The van der Waals surface area contributed by atoms with Crippen LogP contribution < -0.4 is 5.73 Å². The molecule has 1 saturated carbocycles. The Balaban J connectivity index is 2.38. The zero-order valence-electron chi connectivity index (χ0n) is 7.86. The second-order valence-corrected chi connectivity index (χ2v) is 3.89. The fourth-order valence-electron chi connectivity index (χ4n) is 2.07. The van der Waals surface area contributed by atoms with Gasteiger partial charge >= 0.3 is 0 Å². The molecule has 0 radical (unpaired) electrons. The third-order valence-corrected chi connectivity index (χ3v) is 2.94. The number of ketones is 1. The van der Waals surface area contributed by atoms with E-state index >= 15 is 0 Å². The van der Waals surface area contributed by atoms with Crippen molar-refractivity contribution in [3.8, 4) is 5.75 Å². The van der Waals surface area contributed by atoms with Gasteiger partial charge in [0.2, 0.25) is 0 Å². The Morgan fingerprint density at radius 2 is 2.00 bits per heavy atom. The van der Waals surface area contributed by atoms with Crippen molar-refractivity contribution in [2.45, 2.75) is 18.3 Å². The molecule has 1 aromatic carbocycles. The maximum absolute atomic E-state index is 11.0. The minimum atomic E-state index is -0.303. The van der Waals surface area contributed by atoms with Gasteiger partial charge in [-0.25, -0.2) is 0 Å². The highest BCUT2D eigenvalue weighted by molar-refractivity contribution is 5.89. The molecule has 0 aromatic heterocycles. The summed E-state index contributed by atoms with van der Waals surface area (Å²) in [6.07, 6.45) is 0.919. The van der Waals surface area contributed by atoms with Gasteiger partial charge in [-0.3, -0.25) is 4.79 Å². The van der Waals surface area contributed by atoms with Crippen LogP contribution in [0.5, 0.6) is 5.75 Å². The van der Waals surface area contributed by atoms with Crippen LogP contribution in [0.1, 0.15) is 18.4 Å². The van der Waals surface area contributed by atoms with E-state index in [1.165, 1.54) is 0 Å². The average molecular weight is 191 g/mol. The standard InChI is InChI=1S/C11H13NO2/c12-7-11(5-8(13)6-11)9-3-1-2-4-10(9)14/h1-4,14H,5-7,12H2. The minimum absolute atomic E-state index is 0.221. The second kappa shape index (κ2) is 3.10. The van der Waals surface area contributed by atoms with Crippen molar-refractivity contribution >= 4 is 5.78 Å². The van der Waals surface area contributed by atoms with Crippen LogP contribution in [0.15, 0.2) is 24.3 Å². The van der Waals surface area contributed by atoms with Gasteiger partial charge in [0.25, 0.3) is 0 Å². The number of aromatic hydroxyl groups is 1. The van der Waals surface area contributed by atoms with Gasteiger partial charge in [-0.05, 0) is 6.07 Å². The average Bonchev–Trinajstić information content (AvgIpc) is 2.14. The summed E-state index contributed by atoms with van der Waals surface area (Å²) in [6.45, 7) is 0.413. The SMILES string of the molecule is NCC1(c2ccccc2O)CC(=O)C1. The van der Waals surface area contributed by atoms with Crippen LogP contribution in [-0.2, 0) is 10.2 Å². The maximum atomic E-state index is 11.0. The van der Waals surface area contributed by atoms with Crippen molar-refractivity contribution in [2.75, 3.05) is 6.54 Å². The molecule has 0 spiro atoms. The Hall–Kier alpha value is -1.35. The zero-order valence-corrected chi connectivity index (χ0v) is 7.86. The van der Waals surface area contributed by atoms with Gasteiger partial charge in [-0.2, -0.15) is 0 Å². The molecule has 14 heavy (non-hydrogen) atoms. The van der Waals surface area contributed by atoms with Gasteiger partial charge in [-0.1, -0.05) is 18.2 Å². The smallest absolute Gasteiger partial charge is 0.134 e. The summed E-state index contributed by atoms with van der Waals surface area (Å²) < 4.78 is 0. The first-order valence-electron chi connectivity index (χ1n) is 4.68. The first kappa shape index (κ1) is 9.21. The van der Waals surface area contributed by atoms with E-state index in [2.05, 4.69) is 0 Å². The molecule has 3 heteroatoms. The Kier molecular flexibility index (Phi) is 2.04. The number of hydrogen-bond acceptors (Lipinski definition) is 3. The number of hydrogen-bond donors (Lipinski definition) is 2. The van der Waals surface area contributed by atoms with E-state index in [1.54, 1.807) is 12.1 Å². The number of para-hydroxylation sites is 1. The van der Waals surface area contributed by atoms with Crippen LogP contribution in [0.2, 0.25) is 0 Å². The van der Waals surface area contributed by atoms with Gasteiger partial charge in [-0.15, -0.1) is 0 Å². The lowest BCUT2D eigenvalue weighted by Gasteiger charge is -2.40. The van der Waals surface area contributed by atoms with Crippen molar-refractivity contribution in [3.63, 3.8) is 0 Å². The Morgan fingerprint density at radius 3 is 2.50 bits per heavy atom. The number of rotatable bonds is 2. The van der Waals surface area contributed by atoms with Gasteiger partial charge < -0.3 is 10.8 Å². The predicted octanol–water partition coefficient (Wildman–Crippen LogP) is 0.952. The molecule has 0 heterocycles. The van der Waals surface area contributed by atoms with Gasteiger partial charge in [0, 0.05) is 30.4 Å². The van der Waals surface area contributed by atoms with Gasteiger partial charge in [0.15, 0.2) is 0 Å². The Morgan fingerprint density at radius 1 is 1.36 bits per heavy atom. The quantitative estimate of drug-likeness (QED) is 0.731. The number of benzene rings is 1. The number of Topliss-reactive ketones (excluding diaryl/α,β-unsaturated/α-hetero) is 1. The molecule has 1 aliphatic rings. The van der Waals surface area contributed by atoms with Crippen LogP contribution in [0.3, 0.4) is 0 Å². The zero-order chi connectivity index (χ0) is 10.2. The normalized spacial score (nSPS) is 19.1. The highest BCUT2D eigenvalue weighted by Crippen LogP contribution is 2.43. The van der Waals surface area contributed by atoms with Crippen molar-refractivity contribution in [1.82, 2.24) is 0 Å². The molecule has 3 N–H and O–H groups in total. The molecule has 0 bridgehead atoms. The number of nitrogens with two attached hydrogens (primary N) is 1. The van der Waals surface area contributed by atoms with Crippen LogP contribution in [-0.4, -0.2) is 17.4 Å². The molecule has 0 amide bonds. The lowest BCUT2D eigenvalue weighted by atomic mass is 9.63. The topological polar surface area (TPSA) is 63.3 Å². The molecule has 1 aromatic rings. The maximum Gasteiger partial charge on any atom is 0.134 e. The number of carbonyl (C=O) groups excluding carboxylic acids is 1. The lowest BCUT2D eigenvalue weighted by molar-refractivity contribution is -0.128. The molecule has 74 valence electrons. The Labute approximate surface area is 82.5 Å². The fourth-order valence-corrected chi connectivity index (χ4v) is 2.07. The molecule has 0 saturated heterocycles. The predicted molar refractivity (Wildman–Crippen MR) is 53.1 cm³/mol. The molecular weight excluding hydrogens is 178 g/mol. The van der Waals surface area contributed by atoms with Crippen LogP contribution in [0, 0.1) is 0 Å². The first-order valence-corrected chi connectivity index (χ1v) is 4.68. The van der Waals surface area contributed by atoms with Crippen molar-refractivity contribution in [3.05, 3.63) is 29.8 Å². The monoisotopic (exact) mass is 191 g/mol. The van der Waals surface area contributed by atoms with Crippen molar-refractivity contribution in [1.29, 1.82) is 0 Å². The summed E-state index contributed by atoms with van der Waals surface area (Å²) in [7, 11) is 0. The molecular formula is C11H13NO2. The number of carbonyl (C=O) groups is 1. The molecule has 1 aliphatic carbocycles. The summed E-state index contributed by atoms with van der Waals surface area (Å²) in [5, 5.41) is 9.66. The third kappa shape index (κ3) is 1.21. The van der Waals surface area contributed by atoms with E-state index in [1.807, 2.05) is 12.1 Å². The summed E-state index contributed by atoms with van der Waals surface area (Å²) in [6, 6.07) is 7.10. The van der Waals surface area contributed by atoms with Crippen molar-refractivity contribution < 1.29 is 9.90 Å². The van der Waals surface area contributed by atoms with Crippen molar-refractivity contribution in [2.24, 2.45) is 5.73 Å². The molecule has 0 atom stereocenters. The van der Waals surface area contributed by atoms with Gasteiger partial charge in [0.05, 0.1) is 0 Å². The summed E-state index contributed by atoms with van der Waals surface area (Å²) in [5.41, 5.74) is 6.17. The lowest BCUT2D eigenvalue weighted by Crippen LogP contribution is -2.47. The molecule has 2 rings (SSSR count). The van der Waals surface area contributed by atoms with E-state index in [0.29, 0.717) is 19.4 Å². The minimum Gasteiger partial charge on any atom is -0.508 e. The van der Waals surface area contributed by atoms with Crippen LogP contribution in [0.4, 0.5) is 0 Å². The molecule has 0 aliphatic heterocycles. The van der Waals surface area contributed by atoms with E-state index in [0.717, 1.165) is 5.56 Å². The number of phenols is 1. The Bertz CT molecular complexity index is 365. The van der Waals surface area contributed by atoms with E-state index in [4.69, 9.17) is 5.73 Å². The van der Waals surface area contributed by atoms with Crippen LogP contribution in [0.25, 0.3) is 0 Å². The highest BCUT2D eigenvalue weighted by Gasteiger charge is 2.45. The molecule has 1 fully saturated rings. The fraction of sp³-hybridized carbons (Fsp3) is 0.364. The van der Waals surface area contributed by atoms with Crippen LogP contribution >= 0.6 is 0 Å². The van der Waals surface area contributed by atoms with E-state index < -0.39 is 0 Å². The van der Waals surface area contributed by atoms with Gasteiger partial charge in [0.1, 0.15) is 11.5 Å². The van der Waals surface area contributed by atoms with E-state index in [-0.39, 0.29) is 16.9 Å². The highest BCUT2D eigenvalue weighted by atomic mass is 16.3. The molecule has 3 nitrogen and oxygen atoms in total.